The van der Waals surface area contributed by atoms with Crippen LogP contribution in [0.25, 0.3) is 0 Å². The van der Waals surface area contributed by atoms with Crippen molar-refractivity contribution < 1.29 is 4.74 Å². The van der Waals surface area contributed by atoms with E-state index in [-0.39, 0.29) is 0 Å². The Balaban J connectivity index is 1.72. The van der Waals surface area contributed by atoms with Crippen molar-refractivity contribution in [3.8, 4) is 0 Å². The summed E-state index contributed by atoms with van der Waals surface area (Å²) in [4.78, 5) is 2.63. The molecule has 0 spiro atoms. The van der Waals surface area contributed by atoms with Gasteiger partial charge < -0.3 is 9.64 Å². The molecule has 2 aliphatic rings. The van der Waals surface area contributed by atoms with Gasteiger partial charge in [-0.3, -0.25) is 0 Å². The Bertz CT molecular complexity index is 198. The van der Waals surface area contributed by atoms with Crippen LogP contribution in [-0.2, 0) is 4.74 Å². The smallest absolute Gasteiger partial charge is 0.0538 e. The fourth-order valence-electron chi connectivity index (χ4n) is 2.10. The molecule has 1 saturated carbocycles. The number of thioether (sulfide) groups is 1. The summed E-state index contributed by atoms with van der Waals surface area (Å²) in [5.41, 5.74) is 0.534. The van der Waals surface area contributed by atoms with E-state index in [1.54, 1.807) is 0 Å². The summed E-state index contributed by atoms with van der Waals surface area (Å²) in [6.45, 7) is 9.10. The molecule has 0 radical (unpaired) electrons. The summed E-state index contributed by atoms with van der Waals surface area (Å²) >= 11 is 2.09. The van der Waals surface area contributed by atoms with Crippen LogP contribution in [0.15, 0.2) is 0 Å². The van der Waals surface area contributed by atoms with Crippen LogP contribution in [0.4, 0.5) is 0 Å². The molecule has 0 unspecified atom stereocenters. The largest absolute Gasteiger partial charge is 0.378 e. The first-order chi connectivity index (χ1) is 7.20. The Morgan fingerprint density at radius 1 is 1.27 bits per heavy atom. The van der Waals surface area contributed by atoms with E-state index < -0.39 is 0 Å². The SMILES string of the molecule is CC(C)OCC1(CN2CCSCC2)CC1. The molecule has 1 saturated heterocycles. The molecule has 0 aromatic rings. The van der Waals surface area contributed by atoms with Crippen molar-refractivity contribution in [1.82, 2.24) is 4.90 Å². The maximum absolute atomic E-state index is 5.78. The van der Waals surface area contributed by atoms with E-state index in [2.05, 4.69) is 30.5 Å². The molecule has 1 aliphatic heterocycles. The highest BCUT2D eigenvalue weighted by molar-refractivity contribution is 7.99. The van der Waals surface area contributed by atoms with Crippen LogP contribution in [0.5, 0.6) is 0 Å². The average molecular weight is 229 g/mol. The van der Waals surface area contributed by atoms with Crippen LogP contribution in [0.2, 0.25) is 0 Å². The molecule has 0 atom stereocenters. The van der Waals surface area contributed by atoms with Crippen LogP contribution in [0, 0.1) is 5.41 Å². The molecule has 2 rings (SSSR count). The Labute approximate surface area is 97.7 Å². The van der Waals surface area contributed by atoms with Gasteiger partial charge in [-0.15, -0.1) is 0 Å². The van der Waals surface area contributed by atoms with Gasteiger partial charge >= 0.3 is 0 Å². The van der Waals surface area contributed by atoms with E-state index in [4.69, 9.17) is 4.74 Å². The van der Waals surface area contributed by atoms with Crippen molar-refractivity contribution in [2.45, 2.75) is 32.8 Å². The van der Waals surface area contributed by atoms with E-state index in [0.29, 0.717) is 11.5 Å². The van der Waals surface area contributed by atoms with Crippen LogP contribution >= 0.6 is 11.8 Å². The lowest BCUT2D eigenvalue weighted by Crippen LogP contribution is -2.38. The predicted molar refractivity (Wildman–Crippen MR) is 66.5 cm³/mol. The number of nitrogens with zero attached hydrogens (tertiary/aromatic N) is 1. The van der Waals surface area contributed by atoms with Crippen LogP contribution in [0.3, 0.4) is 0 Å². The second kappa shape index (κ2) is 5.07. The molecule has 2 fully saturated rings. The minimum atomic E-state index is 0.388. The highest BCUT2D eigenvalue weighted by Crippen LogP contribution is 2.46. The standard InChI is InChI=1S/C12H23NOS/c1-11(2)14-10-12(3-4-12)9-13-5-7-15-8-6-13/h11H,3-10H2,1-2H3. The summed E-state index contributed by atoms with van der Waals surface area (Å²) in [7, 11) is 0. The molecule has 0 bridgehead atoms. The zero-order valence-electron chi connectivity index (χ0n) is 10.00. The first-order valence-corrected chi connectivity index (χ1v) is 7.27. The van der Waals surface area contributed by atoms with Crippen molar-refractivity contribution in [1.29, 1.82) is 0 Å². The van der Waals surface area contributed by atoms with E-state index in [0.717, 1.165) is 6.61 Å². The van der Waals surface area contributed by atoms with Crippen molar-refractivity contribution in [3.63, 3.8) is 0 Å². The highest BCUT2D eigenvalue weighted by Gasteiger charge is 2.44. The highest BCUT2D eigenvalue weighted by atomic mass is 32.2. The summed E-state index contributed by atoms with van der Waals surface area (Å²) in [6.07, 6.45) is 3.14. The fraction of sp³-hybridized carbons (Fsp3) is 1.00. The quantitative estimate of drug-likeness (QED) is 0.717. The molecular weight excluding hydrogens is 206 g/mol. The molecule has 2 nitrogen and oxygen atoms in total. The maximum Gasteiger partial charge on any atom is 0.0538 e. The molecule has 88 valence electrons. The molecule has 1 heterocycles. The molecule has 1 aliphatic carbocycles. The third kappa shape index (κ3) is 3.65. The zero-order valence-corrected chi connectivity index (χ0v) is 10.8. The van der Waals surface area contributed by atoms with Crippen LogP contribution < -0.4 is 0 Å². The molecule has 3 heteroatoms. The topological polar surface area (TPSA) is 12.5 Å². The van der Waals surface area contributed by atoms with Gasteiger partial charge in [-0.25, -0.2) is 0 Å². The Morgan fingerprint density at radius 2 is 1.93 bits per heavy atom. The van der Waals surface area contributed by atoms with E-state index >= 15 is 0 Å². The lowest BCUT2D eigenvalue weighted by Gasteiger charge is -2.30. The zero-order chi connectivity index (χ0) is 10.7. The molecule has 0 amide bonds. The van der Waals surface area contributed by atoms with Gasteiger partial charge in [-0.2, -0.15) is 11.8 Å². The number of hydrogen-bond donors (Lipinski definition) is 0. The first-order valence-electron chi connectivity index (χ1n) is 6.12. The molecule has 15 heavy (non-hydrogen) atoms. The first kappa shape index (κ1) is 11.7. The third-order valence-electron chi connectivity index (χ3n) is 3.34. The van der Waals surface area contributed by atoms with Gasteiger partial charge in [-0.05, 0) is 26.7 Å². The van der Waals surface area contributed by atoms with E-state index in [1.165, 1.54) is 44.0 Å². The van der Waals surface area contributed by atoms with Gasteiger partial charge in [-0.1, -0.05) is 0 Å². The van der Waals surface area contributed by atoms with Crippen molar-refractivity contribution in [2.75, 3.05) is 37.7 Å². The summed E-state index contributed by atoms with van der Waals surface area (Å²) in [5, 5.41) is 0. The normalized spacial score (nSPS) is 25.8. The van der Waals surface area contributed by atoms with Gasteiger partial charge in [0, 0.05) is 36.6 Å². The average Bonchev–Trinajstić information content (AvgIpc) is 2.97. The summed E-state index contributed by atoms with van der Waals surface area (Å²) in [6, 6.07) is 0. The van der Waals surface area contributed by atoms with Gasteiger partial charge in [0.25, 0.3) is 0 Å². The van der Waals surface area contributed by atoms with E-state index in [9.17, 15) is 0 Å². The van der Waals surface area contributed by atoms with Gasteiger partial charge in [0.1, 0.15) is 0 Å². The Hall–Kier alpha value is 0.270. The molecule has 0 aromatic carbocycles. The number of ether oxygens (including phenoxy) is 1. The van der Waals surface area contributed by atoms with Crippen LogP contribution in [0.1, 0.15) is 26.7 Å². The molecule has 0 aromatic heterocycles. The fourth-order valence-corrected chi connectivity index (χ4v) is 3.08. The number of hydrogen-bond acceptors (Lipinski definition) is 3. The lowest BCUT2D eigenvalue weighted by atomic mass is 10.1. The second-order valence-electron chi connectivity index (χ2n) is 5.25. The maximum atomic E-state index is 5.78. The van der Waals surface area contributed by atoms with Crippen molar-refractivity contribution >= 4 is 11.8 Å². The van der Waals surface area contributed by atoms with Crippen LogP contribution in [-0.4, -0.2) is 48.8 Å². The minimum Gasteiger partial charge on any atom is -0.378 e. The lowest BCUT2D eigenvalue weighted by molar-refractivity contribution is 0.0321. The van der Waals surface area contributed by atoms with Gasteiger partial charge in [0.05, 0.1) is 12.7 Å². The Kier molecular flexibility index (Phi) is 3.97. The predicted octanol–water partition coefficient (Wildman–Crippen LogP) is 2.24. The number of rotatable bonds is 5. The van der Waals surface area contributed by atoms with E-state index in [1.807, 2.05) is 0 Å². The monoisotopic (exact) mass is 229 g/mol. The minimum absolute atomic E-state index is 0.388. The van der Waals surface area contributed by atoms with Crippen molar-refractivity contribution in [3.05, 3.63) is 0 Å². The second-order valence-corrected chi connectivity index (χ2v) is 6.47. The molecule has 0 N–H and O–H groups in total. The molecular formula is C12H23NOS. The van der Waals surface area contributed by atoms with Gasteiger partial charge in [0.2, 0.25) is 0 Å². The Morgan fingerprint density at radius 3 is 2.47 bits per heavy atom. The third-order valence-corrected chi connectivity index (χ3v) is 4.29. The summed E-state index contributed by atoms with van der Waals surface area (Å²) in [5.74, 6) is 2.64. The summed E-state index contributed by atoms with van der Waals surface area (Å²) < 4.78 is 5.78. The van der Waals surface area contributed by atoms with Crippen molar-refractivity contribution in [2.24, 2.45) is 5.41 Å². The van der Waals surface area contributed by atoms with Gasteiger partial charge in [0.15, 0.2) is 0 Å².